The summed E-state index contributed by atoms with van der Waals surface area (Å²) in [6.45, 7) is 3.00. The van der Waals surface area contributed by atoms with Crippen molar-refractivity contribution < 1.29 is 19.4 Å². The molecule has 0 saturated carbocycles. The number of benzene rings is 1. The highest BCUT2D eigenvalue weighted by Crippen LogP contribution is 2.33. The Bertz CT molecular complexity index is 437. The number of ether oxygens (including phenoxy) is 2. The first-order valence-electron chi connectivity index (χ1n) is 6.00. The summed E-state index contributed by atoms with van der Waals surface area (Å²) in [7, 11) is 1.46. The van der Waals surface area contributed by atoms with Gasteiger partial charge in [-0.1, -0.05) is 11.6 Å². The van der Waals surface area contributed by atoms with Crippen LogP contribution < -0.4 is 10.1 Å². The van der Waals surface area contributed by atoms with Gasteiger partial charge < -0.3 is 19.9 Å². The molecule has 19 heavy (non-hydrogen) atoms. The molecule has 1 aromatic rings. The minimum atomic E-state index is -0.247. The predicted octanol–water partition coefficient (Wildman–Crippen LogP) is 2.10. The lowest BCUT2D eigenvalue weighted by atomic mass is 10.2. The molecular weight excluding hydrogens is 270 g/mol. The molecule has 1 aromatic carbocycles. The maximum atomic E-state index is 11.1. The number of halogens is 1. The van der Waals surface area contributed by atoms with Gasteiger partial charge in [0.05, 0.1) is 20.1 Å². The van der Waals surface area contributed by atoms with Gasteiger partial charge in [-0.2, -0.15) is 0 Å². The average molecular weight is 288 g/mol. The first-order valence-corrected chi connectivity index (χ1v) is 6.38. The molecule has 0 saturated heterocycles. The van der Waals surface area contributed by atoms with E-state index in [0.29, 0.717) is 36.0 Å². The fourth-order valence-electron chi connectivity index (χ4n) is 1.57. The number of hydrogen-bond donors (Lipinski definition) is 2. The summed E-state index contributed by atoms with van der Waals surface area (Å²) in [5.74, 6) is 0.133. The maximum absolute atomic E-state index is 11.1. The molecule has 106 valence electrons. The molecule has 5 nitrogen and oxygen atoms in total. The molecule has 0 spiro atoms. The Morgan fingerprint density at radius 2 is 2.21 bits per heavy atom. The molecule has 1 rings (SSSR count). The van der Waals surface area contributed by atoms with E-state index in [9.17, 15) is 9.90 Å². The molecule has 0 atom stereocenters. The van der Waals surface area contributed by atoms with Gasteiger partial charge >= 0.3 is 5.97 Å². The third kappa shape index (κ3) is 4.96. The Hall–Kier alpha value is -1.46. The largest absolute Gasteiger partial charge is 0.504 e. The molecule has 2 N–H and O–H groups in total. The lowest BCUT2D eigenvalue weighted by Gasteiger charge is -2.10. The van der Waals surface area contributed by atoms with E-state index in [1.807, 2.05) is 0 Å². The number of carbonyl (C=O) groups is 1. The van der Waals surface area contributed by atoms with Crippen molar-refractivity contribution in [3.05, 3.63) is 22.7 Å². The lowest BCUT2D eigenvalue weighted by Crippen LogP contribution is -2.19. The standard InChI is InChI=1S/C13H18ClNO4/c1-3-19-12(16)4-5-15-8-9-6-10(14)7-11(18-2)13(9)17/h6-7,15,17H,3-5,8H2,1-2H3. The van der Waals surface area contributed by atoms with Crippen LogP contribution in [0.5, 0.6) is 11.5 Å². The van der Waals surface area contributed by atoms with Crippen LogP contribution in [-0.4, -0.2) is 31.3 Å². The van der Waals surface area contributed by atoms with Crippen molar-refractivity contribution in [2.45, 2.75) is 19.9 Å². The topological polar surface area (TPSA) is 67.8 Å². The van der Waals surface area contributed by atoms with E-state index >= 15 is 0 Å². The summed E-state index contributed by atoms with van der Waals surface area (Å²) >= 11 is 5.91. The van der Waals surface area contributed by atoms with Crippen molar-refractivity contribution >= 4 is 17.6 Å². The Morgan fingerprint density at radius 1 is 1.47 bits per heavy atom. The van der Waals surface area contributed by atoms with Gasteiger partial charge in [0.25, 0.3) is 0 Å². The monoisotopic (exact) mass is 287 g/mol. The Balaban J connectivity index is 2.49. The van der Waals surface area contributed by atoms with Gasteiger partial charge in [0, 0.05) is 29.7 Å². The highest BCUT2D eigenvalue weighted by molar-refractivity contribution is 6.30. The molecule has 0 unspecified atom stereocenters. The van der Waals surface area contributed by atoms with Gasteiger partial charge in [-0.3, -0.25) is 4.79 Å². The molecule has 0 fully saturated rings. The molecule has 0 heterocycles. The van der Waals surface area contributed by atoms with E-state index < -0.39 is 0 Å². The molecule has 0 aliphatic rings. The maximum Gasteiger partial charge on any atom is 0.307 e. The average Bonchev–Trinajstić information content (AvgIpc) is 2.38. The van der Waals surface area contributed by atoms with Crippen molar-refractivity contribution in [3.8, 4) is 11.5 Å². The first kappa shape index (κ1) is 15.6. The number of phenolic OH excluding ortho intramolecular Hbond substituents is 1. The molecular formula is C13H18ClNO4. The summed E-state index contributed by atoms with van der Waals surface area (Å²) in [6, 6.07) is 3.19. The Labute approximate surface area is 117 Å². The predicted molar refractivity (Wildman–Crippen MR) is 72.6 cm³/mol. The van der Waals surface area contributed by atoms with Crippen LogP contribution >= 0.6 is 11.6 Å². The smallest absolute Gasteiger partial charge is 0.307 e. The van der Waals surface area contributed by atoms with E-state index in [2.05, 4.69) is 5.32 Å². The lowest BCUT2D eigenvalue weighted by molar-refractivity contribution is -0.142. The summed E-state index contributed by atoms with van der Waals surface area (Å²) in [5.41, 5.74) is 0.619. The van der Waals surface area contributed by atoms with Crippen molar-refractivity contribution in [2.75, 3.05) is 20.3 Å². The summed E-state index contributed by atoms with van der Waals surface area (Å²) in [4.78, 5) is 11.1. The summed E-state index contributed by atoms with van der Waals surface area (Å²) in [6.07, 6.45) is 0.284. The van der Waals surface area contributed by atoms with Crippen LogP contribution in [0.2, 0.25) is 5.02 Å². The fraction of sp³-hybridized carbons (Fsp3) is 0.462. The third-order valence-corrected chi connectivity index (χ3v) is 2.68. The van der Waals surface area contributed by atoms with Gasteiger partial charge in [0.1, 0.15) is 0 Å². The highest BCUT2D eigenvalue weighted by Gasteiger charge is 2.10. The number of hydrogen-bond acceptors (Lipinski definition) is 5. The second-order valence-corrected chi connectivity index (χ2v) is 4.28. The molecule has 0 aliphatic heterocycles. The van der Waals surface area contributed by atoms with Crippen LogP contribution in [0.15, 0.2) is 12.1 Å². The first-order chi connectivity index (χ1) is 9.08. The van der Waals surface area contributed by atoms with Gasteiger partial charge in [0.15, 0.2) is 11.5 Å². The normalized spacial score (nSPS) is 10.3. The zero-order chi connectivity index (χ0) is 14.3. The van der Waals surface area contributed by atoms with Gasteiger partial charge in [-0.25, -0.2) is 0 Å². The number of carbonyl (C=O) groups excluding carboxylic acids is 1. The van der Waals surface area contributed by atoms with Crippen LogP contribution in [0.1, 0.15) is 18.9 Å². The van der Waals surface area contributed by atoms with Crippen molar-refractivity contribution in [1.82, 2.24) is 5.32 Å². The Morgan fingerprint density at radius 3 is 2.84 bits per heavy atom. The second-order valence-electron chi connectivity index (χ2n) is 3.85. The van der Waals surface area contributed by atoms with Crippen molar-refractivity contribution in [1.29, 1.82) is 0 Å². The zero-order valence-corrected chi connectivity index (χ0v) is 11.8. The van der Waals surface area contributed by atoms with E-state index in [4.69, 9.17) is 21.1 Å². The van der Waals surface area contributed by atoms with E-state index in [1.165, 1.54) is 7.11 Å². The van der Waals surface area contributed by atoms with Crippen LogP contribution in [0.3, 0.4) is 0 Å². The molecule has 0 bridgehead atoms. The summed E-state index contributed by atoms with van der Waals surface area (Å²) < 4.78 is 9.81. The number of esters is 1. The van der Waals surface area contributed by atoms with E-state index in [-0.39, 0.29) is 18.1 Å². The van der Waals surface area contributed by atoms with Crippen LogP contribution in [0.25, 0.3) is 0 Å². The fourth-order valence-corrected chi connectivity index (χ4v) is 1.80. The number of aromatic hydroxyl groups is 1. The number of methoxy groups -OCH3 is 1. The van der Waals surface area contributed by atoms with Crippen molar-refractivity contribution in [2.24, 2.45) is 0 Å². The zero-order valence-electron chi connectivity index (χ0n) is 11.0. The van der Waals surface area contributed by atoms with Crippen LogP contribution in [0, 0.1) is 0 Å². The van der Waals surface area contributed by atoms with E-state index in [1.54, 1.807) is 19.1 Å². The number of phenols is 1. The van der Waals surface area contributed by atoms with Gasteiger partial charge in [0.2, 0.25) is 0 Å². The highest BCUT2D eigenvalue weighted by atomic mass is 35.5. The molecule has 0 amide bonds. The SMILES string of the molecule is CCOC(=O)CCNCc1cc(Cl)cc(OC)c1O. The molecule has 0 radical (unpaired) electrons. The Kier molecular flexibility index (Phi) is 6.45. The van der Waals surface area contributed by atoms with Crippen LogP contribution in [0.4, 0.5) is 0 Å². The number of nitrogens with one attached hydrogen (secondary N) is 1. The van der Waals surface area contributed by atoms with Gasteiger partial charge in [-0.15, -0.1) is 0 Å². The number of rotatable bonds is 7. The molecule has 0 aromatic heterocycles. The van der Waals surface area contributed by atoms with Gasteiger partial charge in [-0.05, 0) is 13.0 Å². The summed E-state index contributed by atoms with van der Waals surface area (Å²) in [5, 5.41) is 13.4. The van der Waals surface area contributed by atoms with Crippen molar-refractivity contribution in [3.63, 3.8) is 0 Å². The molecule has 0 aliphatic carbocycles. The van der Waals surface area contributed by atoms with E-state index in [0.717, 1.165) is 0 Å². The molecule has 6 heteroatoms. The third-order valence-electron chi connectivity index (χ3n) is 2.47. The van der Waals surface area contributed by atoms with Crippen LogP contribution in [-0.2, 0) is 16.1 Å². The second kappa shape index (κ2) is 7.86. The minimum Gasteiger partial charge on any atom is -0.504 e. The quantitative estimate of drug-likeness (QED) is 0.594. The minimum absolute atomic E-state index is 0.0514.